The number of benzene rings is 1. The van der Waals surface area contributed by atoms with Crippen molar-refractivity contribution >= 4 is 0 Å². The summed E-state index contributed by atoms with van der Waals surface area (Å²) in [4.78, 5) is 0. The zero-order chi connectivity index (χ0) is 15.2. The number of aryl methyl sites for hydroxylation is 1. The van der Waals surface area contributed by atoms with Gasteiger partial charge >= 0.3 is 0 Å². The number of aromatic nitrogens is 3. The maximum Gasteiger partial charge on any atom is 0.149 e. The van der Waals surface area contributed by atoms with Crippen molar-refractivity contribution in [2.24, 2.45) is 7.05 Å². The first kappa shape index (κ1) is 15.3. The molecule has 112 valence electrons. The molecule has 0 aliphatic heterocycles. The highest BCUT2D eigenvalue weighted by atomic mass is 16.5. The fraction of sp³-hybridized carbons (Fsp3) is 0.375. The molecule has 2 rings (SSSR count). The zero-order valence-electron chi connectivity index (χ0n) is 12.8. The topological polar surface area (TPSA) is 52.0 Å². The van der Waals surface area contributed by atoms with Gasteiger partial charge in [0.2, 0.25) is 0 Å². The summed E-state index contributed by atoms with van der Waals surface area (Å²) >= 11 is 0. The van der Waals surface area contributed by atoms with Gasteiger partial charge in [-0.2, -0.15) is 0 Å². The van der Waals surface area contributed by atoms with Gasteiger partial charge in [-0.15, -0.1) is 10.2 Å². The summed E-state index contributed by atoms with van der Waals surface area (Å²) in [6, 6.07) is 8.14. The van der Waals surface area contributed by atoms with Gasteiger partial charge in [-0.05, 0) is 25.5 Å². The Morgan fingerprint density at radius 3 is 2.86 bits per heavy atom. The molecule has 0 saturated carbocycles. The molecule has 1 atom stereocenters. The number of ether oxygens (including phenoxy) is 1. The average molecular weight is 286 g/mol. The molecule has 0 aliphatic rings. The minimum absolute atomic E-state index is 0.117. The van der Waals surface area contributed by atoms with Gasteiger partial charge in [0, 0.05) is 19.2 Å². The maximum atomic E-state index is 5.77. The van der Waals surface area contributed by atoms with Crippen LogP contribution in [0.3, 0.4) is 0 Å². The molecule has 0 bridgehead atoms. The third-order valence-electron chi connectivity index (χ3n) is 3.18. The molecule has 1 N–H and O–H groups in total. The van der Waals surface area contributed by atoms with Crippen LogP contribution in [0.15, 0.2) is 42.7 Å². The molecule has 1 aromatic carbocycles. The molecule has 5 heteroatoms. The van der Waals surface area contributed by atoms with Crippen LogP contribution in [0.4, 0.5) is 0 Å². The van der Waals surface area contributed by atoms with E-state index in [2.05, 4.69) is 35.1 Å². The first-order valence-electron chi connectivity index (χ1n) is 7.00. The third kappa shape index (κ3) is 4.16. The van der Waals surface area contributed by atoms with E-state index in [0.29, 0.717) is 13.2 Å². The minimum atomic E-state index is 0.117. The summed E-state index contributed by atoms with van der Waals surface area (Å²) in [7, 11) is 1.94. The van der Waals surface area contributed by atoms with Gasteiger partial charge in [0.25, 0.3) is 0 Å². The molecular weight excluding hydrogens is 264 g/mol. The zero-order valence-corrected chi connectivity index (χ0v) is 12.8. The molecule has 0 unspecified atom stereocenters. The predicted octanol–water partition coefficient (Wildman–Crippen LogP) is 2.62. The van der Waals surface area contributed by atoms with E-state index in [-0.39, 0.29) is 6.04 Å². The number of rotatable bonds is 7. The molecule has 0 amide bonds. The summed E-state index contributed by atoms with van der Waals surface area (Å²) in [6.45, 7) is 9.13. The highest BCUT2D eigenvalue weighted by Gasteiger charge is 2.11. The molecule has 5 nitrogen and oxygen atoms in total. The van der Waals surface area contributed by atoms with Crippen LogP contribution in [0, 0.1) is 0 Å². The van der Waals surface area contributed by atoms with Gasteiger partial charge in [0.05, 0.1) is 6.04 Å². The van der Waals surface area contributed by atoms with Gasteiger partial charge < -0.3 is 14.6 Å². The van der Waals surface area contributed by atoms with Gasteiger partial charge in [-0.3, -0.25) is 0 Å². The SMILES string of the molecule is C=C(C)COc1ccccc1CN[C@@H](C)c1nncn1C. The molecule has 1 heterocycles. The second kappa shape index (κ2) is 7.04. The highest BCUT2D eigenvalue weighted by molar-refractivity contribution is 5.33. The molecule has 0 fully saturated rings. The van der Waals surface area contributed by atoms with Crippen LogP contribution in [0.1, 0.15) is 31.3 Å². The summed E-state index contributed by atoms with van der Waals surface area (Å²) in [5, 5.41) is 11.5. The van der Waals surface area contributed by atoms with Crippen molar-refractivity contribution in [3.63, 3.8) is 0 Å². The Balaban J connectivity index is 1.99. The maximum absolute atomic E-state index is 5.77. The lowest BCUT2D eigenvalue weighted by atomic mass is 10.2. The molecule has 21 heavy (non-hydrogen) atoms. The fourth-order valence-electron chi connectivity index (χ4n) is 2.03. The Labute approximate surface area is 125 Å². The van der Waals surface area contributed by atoms with Crippen molar-refractivity contribution in [3.8, 4) is 5.75 Å². The fourth-order valence-corrected chi connectivity index (χ4v) is 2.03. The van der Waals surface area contributed by atoms with E-state index >= 15 is 0 Å². The third-order valence-corrected chi connectivity index (χ3v) is 3.18. The Morgan fingerprint density at radius 2 is 2.19 bits per heavy atom. The van der Waals surface area contributed by atoms with Crippen molar-refractivity contribution in [2.45, 2.75) is 26.4 Å². The molecule has 0 radical (unpaired) electrons. The summed E-state index contributed by atoms with van der Waals surface area (Å²) in [6.07, 6.45) is 1.71. The Hall–Kier alpha value is -2.14. The van der Waals surface area contributed by atoms with Crippen molar-refractivity contribution in [2.75, 3.05) is 6.61 Å². The van der Waals surface area contributed by atoms with Crippen LogP contribution in [0.2, 0.25) is 0 Å². The molecule has 0 aliphatic carbocycles. The van der Waals surface area contributed by atoms with Crippen molar-refractivity contribution in [1.29, 1.82) is 0 Å². The van der Waals surface area contributed by atoms with Crippen LogP contribution in [0.5, 0.6) is 5.75 Å². The lowest BCUT2D eigenvalue weighted by Gasteiger charge is -2.15. The lowest BCUT2D eigenvalue weighted by Crippen LogP contribution is -2.21. The number of nitrogens with one attached hydrogen (secondary N) is 1. The van der Waals surface area contributed by atoms with Crippen molar-refractivity contribution in [1.82, 2.24) is 20.1 Å². The molecule has 0 spiro atoms. The standard InChI is InChI=1S/C16H22N4O/c1-12(2)10-21-15-8-6-5-7-14(15)9-17-13(3)16-19-18-11-20(16)4/h5-8,11,13,17H,1,9-10H2,2-4H3/t13-/m0/s1. The van der Waals surface area contributed by atoms with Crippen LogP contribution in [-0.2, 0) is 13.6 Å². The van der Waals surface area contributed by atoms with Crippen LogP contribution in [0.25, 0.3) is 0 Å². The first-order chi connectivity index (χ1) is 10.1. The van der Waals surface area contributed by atoms with E-state index in [1.165, 1.54) is 0 Å². The first-order valence-corrected chi connectivity index (χ1v) is 7.00. The summed E-state index contributed by atoms with van der Waals surface area (Å²) in [5.74, 6) is 1.80. The van der Waals surface area contributed by atoms with Crippen molar-refractivity contribution < 1.29 is 4.74 Å². The highest BCUT2D eigenvalue weighted by Crippen LogP contribution is 2.19. The van der Waals surface area contributed by atoms with E-state index in [1.54, 1.807) is 6.33 Å². The Kier molecular flexibility index (Phi) is 5.11. The quantitative estimate of drug-likeness (QED) is 0.795. The Bertz CT molecular complexity index is 606. The van der Waals surface area contributed by atoms with E-state index in [0.717, 1.165) is 22.7 Å². The molecule has 2 aromatic rings. The van der Waals surface area contributed by atoms with Gasteiger partial charge in [0.1, 0.15) is 24.5 Å². The average Bonchev–Trinajstić information content (AvgIpc) is 2.89. The number of hydrogen-bond donors (Lipinski definition) is 1. The normalized spacial score (nSPS) is 12.1. The summed E-state index contributed by atoms with van der Waals surface area (Å²) < 4.78 is 7.69. The van der Waals surface area contributed by atoms with Crippen LogP contribution >= 0.6 is 0 Å². The van der Waals surface area contributed by atoms with E-state index in [9.17, 15) is 0 Å². The molecule has 0 saturated heterocycles. The molecular formula is C16H22N4O. The lowest BCUT2D eigenvalue weighted by molar-refractivity contribution is 0.346. The Morgan fingerprint density at radius 1 is 1.43 bits per heavy atom. The van der Waals surface area contributed by atoms with Crippen LogP contribution < -0.4 is 10.1 Å². The minimum Gasteiger partial charge on any atom is -0.489 e. The number of nitrogens with zero attached hydrogens (tertiary/aromatic N) is 3. The van der Waals surface area contributed by atoms with Gasteiger partial charge in [0.15, 0.2) is 0 Å². The van der Waals surface area contributed by atoms with E-state index < -0.39 is 0 Å². The predicted molar refractivity (Wildman–Crippen MR) is 83.0 cm³/mol. The van der Waals surface area contributed by atoms with E-state index in [1.807, 2.05) is 36.7 Å². The van der Waals surface area contributed by atoms with Crippen molar-refractivity contribution in [3.05, 3.63) is 54.1 Å². The number of para-hydroxylation sites is 1. The van der Waals surface area contributed by atoms with Crippen LogP contribution in [-0.4, -0.2) is 21.4 Å². The smallest absolute Gasteiger partial charge is 0.149 e. The largest absolute Gasteiger partial charge is 0.489 e. The second-order valence-electron chi connectivity index (χ2n) is 5.26. The van der Waals surface area contributed by atoms with Gasteiger partial charge in [-0.25, -0.2) is 0 Å². The monoisotopic (exact) mass is 286 g/mol. The van der Waals surface area contributed by atoms with Gasteiger partial charge in [-0.1, -0.05) is 24.8 Å². The summed E-state index contributed by atoms with van der Waals surface area (Å²) in [5.41, 5.74) is 2.12. The van der Waals surface area contributed by atoms with E-state index in [4.69, 9.17) is 4.74 Å². The molecule has 1 aromatic heterocycles. The second-order valence-corrected chi connectivity index (χ2v) is 5.26. The number of hydrogen-bond acceptors (Lipinski definition) is 4.